The van der Waals surface area contributed by atoms with Crippen molar-refractivity contribution in [3.05, 3.63) is 45.5 Å². The highest BCUT2D eigenvalue weighted by atomic mass is 16.6. The molecule has 1 aromatic carbocycles. The number of benzene rings is 1. The van der Waals surface area contributed by atoms with Crippen LogP contribution in [0.25, 0.3) is 5.53 Å². The van der Waals surface area contributed by atoms with Crippen molar-refractivity contribution in [2.24, 2.45) is 17.1 Å². The van der Waals surface area contributed by atoms with E-state index in [4.69, 9.17) is 11.3 Å². The molecule has 11 heteroatoms. The fourth-order valence-electron chi connectivity index (χ4n) is 3.44. The van der Waals surface area contributed by atoms with Crippen molar-refractivity contribution in [1.82, 2.24) is 5.32 Å². The van der Waals surface area contributed by atoms with Crippen LogP contribution in [0.4, 0.5) is 5.69 Å². The number of carboxylic acid groups (broad SMARTS) is 1. The van der Waals surface area contributed by atoms with E-state index in [9.17, 15) is 29.6 Å². The van der Waals surface area contributed by atoms with Crippen LogP contribution in [0.5, 0.6) is 0 Å². The minimum absolute atomic E-state index is 0.0652. The molecule has 0 spiro atoms. The molecule has 0 bridgehead atoms. The predicted octanol–water partition coefficient (Wildman–Crippen LogP) is -0.0701. The number of nitro benzene ring substituents is 1. The number of ketones is 1. The minimum Gasteiger partial charge on any atom is -0.472 e. The highest BCUT2D eigenvalue weighted by Crippen LogP contribution is 2.38. The summed E-state index contributed by atoms with van der Waals surface area (Å²) in [6.45, 7) is 3.02. The molecule has 1 fully saturated rings. The Morgan fingerprint density at radius 1 is 1.43 bits per heavy atom. The first-order valence-electron chi connectivity index (χ1n) is 8.32. The van der Waals surface area contributed by atoms with E-state index in [-0.39, 0.29) is 18.0 Å². The van der Waals surface area contributed by atoms with Gasteiger partial charge in [-0.05, 0) is 25.8 Å². The van der Waals surface area contributed by atoms with Gasteiger partial charge in [0.15, 0.2) is 0 Å². The van der Waals surface area contributed by atoms with Crippen LogP contribution < -0.4 is 11.1 Å². The van der Waals surface area contributed by atoms with Crippen molar-refractivity contribution in [1.29, 1.82) is 0 Å². The fourth-order valence-corrected chi connectivity index (χ4v) is 3.44. The third-order valence-corrected chi connectivity index (χ3v) is 4.97. The number of rotatable bonds is 8. The summed E-state index contributed by atoms with van der Waals surface area (Å²) in [6, 6.07) is 3.95. The Morgan fingerprint density at radius 2 is 2.00 bits per heavy atom. The number of aliphatic carboxylic acids is 1. The van der Waals surface area contributed by atoms with Crippen molar-refractivity contribution < 1.29 is 29.2 Å². The van der Waals surface area contributed by atoms with Gasteiger partial charge in [-0.2, -0.15) is 4.79 Å². The van der Waals surface area contributed by atoms with Crippen LogP contribution >= 0.6 is 0 Å². The van der Waals surface area contributed by atoms with E-state index >= 15 is 0 Å². The number of hydrogen-bond acceptors (Lipinski definition) is 6. The van der Waals surface area contributed by atoms with Crippen LogP contribution in [0.1, 0.15) is 19.4 Å². The topological polar surface area (TPSA) is 189 Å². The summed E-state index contributed by atoms with van der Waals surface area (Å²) >= 11 is 0. The molecule has 4 atom stereocenters. The number of amides is 1. The number of carboxylic acids is 1. The third-order valence-electron chi connectivity index (χ3n) is 4.97. The standard InChI is InChI=1S/C17H19N5O6/c1-8(18)11-13(20-15(11)24)17(2,14(23)12(21-19)16(25)26)7-9-3-5-10(6-4-9)22(27)28/h3-6,8,11,13H,7,18H2,1-2H3,(H,20,24)(H,25,26)/t8-,11-,13-,17-/m1/s1. The first-order chi connectivity index (χ1) is 13.0. The second-order valence-corrected chi connectivity index (χ2v) is 6.97. The number of carbonyl (C=O) groups is 3. The first kappa shape index (κ1) is 20.9. The number of nitro groups is 1. The Morgan fingerprint density at radius 3 is 2.39 bits per heavy atom. The smallest absolute Gasteiger partial charge is 0.441 e. The summed E-state index contributed by atoms with van der Waals surface area (Å²) in [7, 11) is 0. The first-order valence-corrected chi connectivity index (χ1v) is 8.32. The van der Waals surface area contributed by atoms with Gasteiger partial charge in [0.05, 0.1) is 22.3 Å². The van der Waals surface area contributed by atoms with E-state index in [1.54, 1.807) is 6.92 Å². The second-order valence-electron chi connectivity index (χ2n) is 6.97. The lowest BCUT2D eigenvalue weighted by molar-refractivity contribution is -0.384. The maximum Gasteiger partial charge on any atom is 0.441 e. The molecule has 1 amide bonds. The molecule has 1 heterocycles. The SMILES string of the molecule is C[C@@H](N)[C@H]1C(=O)N[C@H]1[C@@](C)(Cc1ccc([N+](=O)[O-])cc1)C(=O)C(=[N+]=[N-])C(=O)O. The molecule has 0 unspecified atom stereocenters. The van der Waals surface area contributed by atoms with E-state index in [2.05, 4.69) is 10.1 Å². The number of non-ortho nitro benzene ring substituents is 1. The highest BCUT2D eigenvalue weighted by Gasteiger charge is 2.58. The van der Waals surface area contributed by atoms with E-state index in [1.165, 1.54) is 31.2 Å². The quantitative estimate of drug-likeness (QED) is 0.105. The average Bonchev–Trinajstić information content (AvgIpc) is 2.59. The zero-order valence-corrected chi connectivity index (χ0v) is 15.2. The molecule has 1 aromatic rings. The zero-order valence-electron chi connectivity index (χ0n) is 15.2. The van der Waals surface area contributed by atoms with Gasteiger partial charge in [-0.25, -0.2) is 4.79 Å². The number of Topliss-reactive ketones (excluding diaryl/α,β-unsaturated/α-hetero) is 1. The summed E-state index contributed by atoms with van der Waals surface area (Å²) in [6.07, 6.45) is -0.0652. The number of hydrogen-bond donors (Lipinski definition) is 3. The van der Waals surface area contributed by atoms with Gasteiger partial charge in [-0.3, -0.25) is 19.7 Å². The van der Waals surface area contributed by atoms with E-state index in [0.717, 1.165) is 0 Å². The van der Waals surface area contributed by atoms with E-state index < -0.39 is 45.8 Å². The average molecular weight is 389 g/mol. The van der Waals surface area contributed by atoms with Crippen LogP contribution in [0.15, 0.2) is 24.3 Å². The largest absolute Gasteiger partial charge is 0.472 e. The summed E-state index contributed by atoms with van der Waals surface area (Å²) < 4.78 is 0. The second kappa shape index (κ2) is 7.67. The highest BCUT2D eigenvalue weighted by molar-refractivity contribution is 6.63. The molecule has 11 nitrogen and oxygen atoms in total. The lowest BCUT2D eigenvalue weighted by Gasteiger charge is -2.48. The van der Waals surface area contributed by atoms with Gasteiger partial charge in [0.1, 0.15) is 0 Å². The summed E-state index contributed by atoms with van der Waals surface area (Å²) in [5.74, 6) is -3.83. The van der Waals surface area contributed by atoms with Crippen molar-refractivity contribution in [2.75, 3.05) is 0 Å². The van der Waals surface area contributed by atoms with Crippen LogP contribution in [0.2, 0.25) is 0 Å². The van der Waals surface area contributed by atoms with Crippen LogP contribution in [-0.4, -0.2) is 50.3 Å². The third kappa shape index (κ3) is 3.66. The Kier molecular flexibility index (Phi) is 5.72. The molecular formula is C17H19N5O6. The lowest BCUT2D eigenvalue weighted by atomic mass is 9.63. The van der Waals surface area contributed by atoms with Gasteiger partial charge in [0.2, 0.25) is 5.91 Å². The molecule has 0 radical (unpaired) electrons. The number of β-lactam (4-membered cyclic amide) rings is 1. The number of nitrogens with one attached hydrogen (secondary N) is 1. The van der Waals surface area contributed by atoms with Gasteiger partial charge in [0, 0.05) is 18.2 Å². The van der Waals surface area contributed by atoms with Crippen molar-refractivity contribution in [3.63, 3.8) is 0 Å². The lowest BCUT2D eigenvalue weighted by Crippen LogP contribution is -2.71. The Bertz CT molecular complexity index is 890. The van der Waals surface area contributed by atoms with Crippen molar-refractivity contribution in [2.45, 2.75) is 32.4 Å². The summed E-state index contributed by atoms with van der Waals surface area (Å²) in [5.41, 5.74) is 12.6. The molecule has 0 aliphatic carbocycles. The molecule has 1 aliphatic heterocycles. The minimum atomic E-state index is -1.72. The van der Waals surface area contributed by atoms with E-state index in [1.807, 2.05) is 0 Å². The van der Waals surface area contributed by atoms with Gasteiger partial charge in [0.25, 0.3) is 11.5 Å². The Hall–Kier alpha value is -3.43. The zero-order chi connectivity index (χ0) is 21.2. The monoisotopic (exact) mass is 389 g/mol. The summed E-state index contributed by atoms with van der Waals surface area (Å²) in [4.78, 5) is 49.0. The molecule has 148 valence electrons. The molecule has 1 aliphatic rings. The van der Waals surface area contributed by atoms with Crippen LogP contribution in [0.3, 0.4) is 0 Å². The van der Waals surface area contributed by atoms with E-state index in [0.29, 0.717) is 5.56 Å². The Labute approximate surface area is 159 Å². The van der Waals surface area contributed by atoms with Crippen molar-refractivity contribution >= 4 is 29.1 Å². The molecule has 28 heavy (non-hydrogen) atoms. The predicted molar refractivity (Wildman–Crippen MR) is 95.2 cm³/mol. The molecule has 0 saturated carbocycles. The fraction of sp³-hybridized carbons (Fsp3) is 0.412. The molecule has 1 saturated heterocycles. The number of nitrogens with two attached hydrogens (primary N) is 1. The van der Waals surface area contributed by atoms with Crippen LogP contribution in [0, 0.1) is 21.4 Å². The van der Waals surface area contributed by atoms with Gasteiger partial charge in [-0.1, -0.05) is 12.1 Å². The molecule has 4 N–H and O–H groups in total. The Balaban J connectivity index is 2.48. The van der Waals surface area contributed by atoms with Crippen LogP contribution in [-0.2, 0) is 20.8 Å². The molecule has 2 rings (SSSR count). The maximum atomic E-state index is 13.0. The van der Waals surface area contributed by atoms with Crippen molar-refractivity contribution in [3.8, 4) is 0 Å². The number of carbonyl (C=O) groups excluding carboxylic acids is 2. The molecular weight excluding hydrogens is 370 g/mol. The van der Waals surface area contributed by atoms with Gasteiger partial charge in [-0.15, -0.1) is 0 Å². The number of nitrogens with zero attached hydrogens (tertiary/aromatic N) is 3. The normalized spacial score (nSPS) is 21.3. The molecule has 0 aromatic heterocycles. The maximum absolute atomic E-state index is 13.0. The van der Waals surface area contributed by atoms with Gasteiger partial charge >= 0.3 is 11.7 Å². The van der Waals surface area contributed by atoms with Gasteiger partial charge < -0.3 is 21.7 Å². The summed E-state index contributed by atoms with van der Waals surface area (Å²) in [5, 5.41) is 22.6.